The van der Waals surface area contributed by atoms with Gasteiger partial charge in [-0.1, -0.05) is 19.9 Å². The normalized spacial score (nSPS) is 16.2. The van der Waals surface area contributed by atoms with Crippen LogP contribution in [0.1, 0.15) is 31.7 Å². The molecule has 0 bridgehead atoms. The Labute approximate surface area is 178 Å². The van der Waals surface area contributed by atoms with E-state index in [1.807, 2.05) is 29.2 Å². The zero-order valence-corrected chi connectivity index (χ0v) is 17.4. The number of hydrogen-bond acceptors (Lipinski definition) is 4. The highest BCUT2D eigenvalue weighted by Crippen LogP contribution is 2.18. The summed E-state index contributed by atoms with van der Waals surface area (Å²) in [5.74, 6) is -2.20. The first kappa shape index (κ1) is 24.4. The number of carboxylic acid groups (broad SMARTS) is 1. The van der Waals surface area contributed by atoms with Gasteiger partial charge in [0.15, 0.2) is 0 Å². The molecular weight excluding hydrogens is 415 g/mol. The van der Waals surface area contributed by atoms with E-state index in [4.69, 9.17) is 14.6 Å². The van der Waals surface area contributed by atoms with E-state index < -0.39 is 12.1 Å². The van der Waals surface area contributed by atoms with E-state index in [0.29, 0.717) is 32.0 Å². The van der Waals surface area contributed by atoms with E-state index in [2.05, 4.69) is 35.7 Å². The van der Waals surface area contributed by atoms with Gasteiger partial charge in [0.25, 0.3) is 0 Å². The van der Waals surface area contributed by atoms with Crippen LogP contribution in [0.2, 0.25) is 0 Å². The number of aliphatic carboxylic acids is 1. The second-order valence-electron chi connectivity index (χ2n) is 7.58. The minimum atomic E-state index is -5.08. The fourth-order valence-electron chi connectivity index (χ4n) is 3.01. The van der Waals surface area contributed by atoms with Gasteiger partial charge in [0, 0.05) is 31.1 Å². The van der Waals surface area contributed by atoms with Crippen LogP contribution in [-0.4, -0.2) is 50.3 Å². The molecule has 0 spiro atoms. The summed E-state index contributed by atoms with van der Waals surface area (Å²) in [7, 11) is 0. The van der Waals surface area contributed by atoms with Gasteiger partial charge in [-0.2, -0.15) is 13.2 Å². The van der Waals surface area contributed by atoms with Crippen LogP contribution in [-0.2, 0) is 34.0 Å². The number of hydrogen-bond donors (Lipinski definition) is 1. The van der Waals surface area contributed by atoms with Gasteiger partial charge in [0.1, 0.15) is 0 Å². The van der Waals surface area contributed by atoms with Crippen molar-refractivity contribution in [3.05, 3.63) is 54.1 Å². The van der Waals surface area contributed by atoms with Crippen molar-refractivity contribution in [3.8, 4) is 0 Å². The lowest BCUT2D eigenvalue weighted by molar-refractivity contribution is -0.192. The molecule has 7 nitrogen and oxygen atoms in total. The molecule has 1 atom stereocenters. The first-order valence-corrected chi connectivity index (χ1v) is 9.79. The minimum Gasteiger partial charge on any atom is -0.475 e. The molecule has 1 unspecified atom stereocenters. The molecule has 3 heterocycles. The summed E-state index contributed by atoms with van der Waals surface area (Å²) in [5.41, 5.74) is 2.07. The van der Waals surface area contributed by atoms with Gasteiger partial charge in [0.2, 0.25) is 5.91 Å². The standard InChI is InChI=1S/C19H25N3O2.C2HF3O2/c1-15(2)10-19(23)22-11-17-7-5-9-21(17)12-18(13-22)24-14-16-6-3-4-8-20-16;3-2(4,5)1(6)7/h3-9,15,18H,10-14H2,1-2H3;(H,6,7). The van der Waals surface area contributed by atoms with Gasteiger partial charge in [-0.25, -0.2) is 4.79 Å². The maximum absolute atomic E-state index is 12.6. The van der Waals surface area contributed by atoms with E-state index in [-0.39, 0.29) is 12.0 Å². The minimum absolute atomic E-state index is 0.0308. The molecule has 1 amide bonds. The first-order chi connectivity index (χ1) is 14.6. The maximum atomic E-state index is 12.6. The fourth-order valence-corrected chi connectivity index (χ4v) is 3.01. The largest absolute Gasteiger partial charge is 0.490 e. The van der Waals surface area contributed by atoms with Crippen molar-refractivity contribution in [2.24, 2.45) is 5.92 Å². The molecule has 1 aliphatic rings. The number of carbonyl (C=O) groups is 2. The van der Waals surface area contributed by atoms with Gasteiger partial charge < -0.3 is 19.3 Å². The lowest BCUT2D eigenvalue weighted by Crippen LogP contribution is -2.37. The number of aromatic nitrogens is 2. The molecular formula is C21H26F3N3O4. The van der Waals surface area contributed by atoms with Crippen molar-refractivity contribution in [1.82, 2.24) is 14.5 Å². The van der Waals surface area contributed by atoms with Crippen molar-refractivity contribution in [2.75, 3.05) is 6.54 Å². The number of alkyl halides is 3. The molecule has 1 aliphatic heterocycles. The van der Waals surface area contributed by atoms with Crippen LogP contribution in [0.5, 0.6) is 0 Å². The monoisotopic (exact) mass is 441 g/mol. The average molecular weight is 441 g/mol. The Morgan fingerprint density at radius 2 is 1.94 bits per heavy atom. The number of nitrogens with zero attached hydrogens (tertiary/aromatic N) is 3. The lowest BCUT2D eigenvalue weighted by atomic mass is 10.1. The number of amides is 1. The molecule has 170 valence electrons. The molecule has 10 heteroatoms. The van der Waals surface area contributed by atoms with E-state index in [0.717, 1.165) is 17.9 Å². The van der Waals surface area contributed by atoms with E-state index >= 15 is 0 Å². The summed E-state index contributed by atoms with van der Waals surface area (Å²) in [6.45, 7) is 6.66. The number of carbonyl (C=O) groups excluding carboxylic acids is 1. The number of ether oxygens (including phenoxy) is 1. The van der Waals surface area contributed by atoms with Gasteiger partial charge in [-0.15, -0.1) is 0 Å². The van der Waals surface area contributed by atoms with E-state index in [1.54, 1.807) is 6.20 Å². The summed E-state index contributed by atoms with van der Waals surface area (Å²) in [6.07, 6.45) is -0.707. The number of fused-ring (bicyclic) bond motifs is 1. The third kappa shape index (κ3) is 8.05. The van der Waals surface area contributed by atoms with E-state index in [1.165, 1.54) is 0 Å². The van der Waals surface area contributed by atoms with Crippen molar-refractivity contribution < 1.29 is 32.6 Å². The summed E-state index contributed by atoms with van der Waals surface area (Å²) in [6, 6.07) is 9.92. The number of carboxylic acids is 1. The van der Waals surface area contributed by atoms with Crippen LogP contribution < -0.4 is 0 Å². The van der Waals surface area contributed by atoms with Crippen LogP contribution in [0.25, 0.3) is 0 Å². The average Bonchev–Trinajstić information content (AvgIpc) is 3.04. The molecule has 0 saturated carbocycles. The zero-order chi connectivity index (χ0) is 23.0. The third-order valence-electron chi connectivity index (χ3n) is 4.47. The van der Waals surface area contributed by atoms with Crippen molar-refractivity contribution in [2.45, 2.75) is 52.2 Å². The van der Waals surface area contributed by atoms with Gasteiger partial charge in [-0.3, -0.25) is 9.78 Å². The molecule has 31 heavy (non-hydrogen) atoms. The second kappa shape index (κ2) is 10.9. The van der Waals surface area contributed by atoms with Crippen molar-refractivity contribution >= 4 is 11.9 Å². The van der Waals surface area contributed by atoms with E-state index in [9.17, 15) is 18.0 Å². The SMILES string of the molecule is CC(C)CC(=O)N1Cc2cccn2CC(OCc2ccccn2)C1.O=C(O)C(F)(F)F. The van der Waals surface area contributed by atoms with Crippen LogP contribution in [0.15, 0.2) is 42.7 Å². The third-order valence-corrected chi connectivity index (χ3v) is 4.47. The quantitative estimate of drug-likeness (QED) is 0.768. The smallest absolute Gasteiger partial charge is 0.475 e. The summed E-state index contributed by atoms with van der Waals surface area (Å²) < 4.78 is 40.0. The predicted molar refractivity (Wildman–Crippen MR) is 106 cm³/mol. The molecule has 3 rings (SSSR count). The lowest BCUT2D eigenvalue weighted by Gasteiger charge is -2.25. The van der Waals surface area contributed by atoms with Crippen molar-refractivity contribution in [3.63, 3.8) is 0 Å². The molecule has 0 aliphatic carbocycles. The van der Waals surface area contributed by atoms with Crippen LogP contribution >= 0.6 is 0 Å². The highest BCUT2D eigenvalue weighted by molar-refractivity contribution is 5.76. The number of pyridine rings is 1. The Kier molecular flexibility index (Phi) is 8.61. The van der Waals surface area contributed by atoms with Gasteiger partial charge in [-0.05, 0) is 30.2 Å². The number of rotatable bonds is 5. The highest BCUT2D eigenvalue weighted by atomic mass is 19.4. The molecule has 0 saturated heterocycles. The van der Waals surface area contributed by atoms with Crippen LogP contribution in [0.4, 0.5) is 13.2 Å². The summed E-state index contributed by atoms with van der Waals surface area (Å²) in [5, 5.41) is 7.12. The molecule has 0 fully saturated rings. The molecule has 1 N–H and O–H groups in total. The molecule has 2 aromatic heterocycles. The van der Waals surface area contributed by atoms with Crippen LogP contribution in [0.3, 0.4) is 0 Å². The Bertz CT molecular complexity index is 853. The van der Waals surface area contributed by atoms with Crippen LogP contribution in [0, 0.1) is 5.92 Å². The Balaban J connectivity index is 0.000000423. The topological polar surface area (TPSA) is 84.7 Å². The number of halogens is 3. The Morgan fingerprint density at radius 3 is 2.52 bits per heavy atom. The summed E-state index contributed by atoms with van der Waals surface area (Å²) in [4.78, 5) is 27.7. The van der Waals surface area contributed by atoms with Gasteiger partial charge in [0.05, 0.1) is 31.5 Å². The first-order valence-electron chi connectivity index (χ1n) is 9.79. The second-order valence-corrected chi connectivity index (χ2v) is 7.58. The molecule has 0 radical (unpaired) electrons. The summed E-state index contributed by atoms with van der Waals surface area (Å²) >= 11 is 0. The predicted octanol–water partition coefficient (Wildman–Crippen LogP) is 3.49. The van der Waals surface area contributed by atoms with Gasteiger partial charge >= 0.3 is 12.1 Å². The fraction of sp³-hybridized carbons (Fsp3) is 0.476. The molecule has 2 aromatic rings. The Morgan fingerprint density at radius 1 is 1.23 bits per heavy atom. The van der Waals surface area contributed by atoms with Crippen molar-refractivity contribution in [1.29, 1.82) is 0 Å². The Hall–Kier alpha value is -2.88. The maximum Gasteiger partial charge on any atom is 0.490 e. The highest BCUT2D eigenvalue weighted by Gasteiger charge is 2.38. The molecule has 0 aromatic carbocycles. The zero-order valence-electron chi connectivity index (χ0n) is 17.4.